The summed E-state index contributed by atoms with van der Waals surface area (Å²) in [6.07, 6.45) is 9.43. The van der Waals surface area contributed by atoms with E-state index in [-0.39, 0.29) is 5.56 Å². The van der Waals surface area contributed by atoms with Gasteiger partial charge in [-0.25, -0.2) is 8.78 Å². The van der Waals surface area contributed by atoms with Crippen molar-refractivity contribution in [2.45, 2.75) is 66.2 Å². The number of allylic oxidation sites excluding steroid dienone is 5. The molecular weight excluding hydrogens is 338 g/mol. The molecule has 1 atom stereocenters. The molecule has 0 radical (unpaired) electrons. The molecule has 0 bridgehead atoms. The summed E-state index contributed by atoms with van der Waals surface area (Å²) in [7, 11) is 0. The maximum atomic E-state index is 13.6. The van der Waals surface area contributed by atoms with Gasteiger partial charge in [-0.15, -0.1) is 0 Å². The molecule has 0 N–H and O–H groups in total. The maximum absolute atomic E-state index is 13.6. The van der Waals surface area contributed by atoms with Crippen molar-refractivity contribution in [3.8, 4) is 0 Å². The topological polar surface area (TPSA) is 0 Å². The molecule has 1 aromatic rings. The number of hydrogen-bond acceptors (Lipinski definition) is 0. The van der Waals surface area contributed by atoms with E-state index in [4.69, 9.17) is 0 Å². The number of benzene rings is 1. The highest BCUT2D eigenvalue weighted by molar-refractivity contribution is 5.73. The molecule has 1 unspecified atom stereocenters. The second-order valence-corrected chi connectivity index (χ2v) is 8.51. The summed E-state index contributed by atoms with van der Waals surface area (Å²) >= 11 is 0. The molecular formula is C25H34F2. The zero-order valence-electron chi connectivity index (χ0n) is 17.5. The lowest BCUT2D eigenvalue weighted by Gasteiger charge is -2.29. The SMILES string of the molecule is C=C(/C=C\C(C)=C(/C)C(C(C)C)C1CCCC1)c1cccc(C(C)(F)F)c1. The highest BCUT2D eigenvalue weighted by atomic mass is 19.3. The van der Waals surface area contributed by atoms with E-state index in [2.05, 4.69) is 40.3 Å². The largest absolute Gasteiger partial charge is 0.270 e. The Labute approximate surface area is 164 Å². The van der Waals surface area contributed by atoms with Gasteiger partial charge in [0.25, 0.3) is 5.92 Å². The van der Waals surface area contributed by atoms with Gasteiger partial charge in [-0.05, 0) is 61.6 Å². The van der Waals surface area contributed by atoms with Crippen LogP contribution in [-0.4, -0.2) is 0 Å². The molecule has 1 saturated carbocycles. The van der Waals surface area contributed by atoms with E-state index in [0.29, 0.717) is 11.8 Å². The van der Waals surface area contributed by atoms with Crippen molar-refractivity contribution >= 4 is 5.57 Å². The van der Waals surface area contributed by atoms with Crippen LogP contribution in [0.25, 0.3) is 5.57 Å². The molecule has 1 aliphatic carbocycles. The van der Waals surface area contributed by atoms with E-state index in [1.165, 1.54) is 49.0 Å². The van der Waals surface area contributed by atoms with Gasteiger partial charge < -0.3 is 0 Å². The van der Waals surface area contributed by atoms with Crippen LogP contribution in [0.15, 0.2) is 54.1 Å². The maximum Gasteiger partial charge on any atom is 0.270 e. The average Bonchev–Trinajstić information content (AvgIpc) is 3.12. The first-order valence-corrected chi connectivity index (χ1v) is 10.1. The van der Waals surface area contributed by atoms with Gasteiger partial charge in [0.05, 0.1) is 0 Å². The summed E-state index contributed by atoms with van der Waals surface area (Å²) in [6.45, 7) is 14.1. The summed E-state index contributed by atoms with van der Waals surface area (Å²) in [6, 6.07) is 6.51. The fraction of sp³-hybridized carbons (Fsp3) is 0.520. The Hall–Kier alpha value is -1.70. The third kappa shape index (κ3) is 5.64. The van der Waals surface area contributed by atoms with E-state index >= 15 is 0 Å². The molecule has 2 heteroatoms. The molecule has 0 spiro atoms. The normalized spacial score (nSPS) is 18.2. The summed E-state index contributed by atoms with van der Waals surface area (Å²) < 4.78 is 27.2. The second kappa shape index (κ2) is 8.99. The Morgan fingerprint density at radius 3 is 2.33 bits per heavy atom. The van der Waals surface area contributed by atoms with Crippen LogP contribution >= 0.6 is 0 Å². The first kappa shape index (κ1) is 21.6. The van der Waals surface area contributed by atoms with Crippen LogP contribution in [0.2, 0.25) is 0 Å². The molecule has 0 nitrogen and oxygen atoms in total. The van der Waals surface area contributed by atoms with Crippen LogP contribution in [0.3, 0.4) is 0 Å². The predicted octanol–water partition coefficient (Wildman–Crippen LogP) is 8.17. The molecule has 1 aromatic carbocycles. The van der Waals surface area contributed by atoms with Crippen molar-refractivity contribution in [2.24, 2.45) is 17.8 Å². The predicted molar refractivity (Wildman–Crippen MR) is 113 cm³/mol. The lowest BCUT2D eigenvalue weighted by molar-refractivity contribution is 0.0174. The van der Waals surface area contributed by atoms with Crippen molar-refractivity contribution in [2.75, 3.05) is 0 Å². The van der Waals surface area contributed by atoms with E-state index in [9.17, 15) is 8.78 Å². The highest BCUT2D eigenvalue weighted by Gasteiger charge is 2.29. The Kier molecular flexibility index (Phi) is 7.19. The van der Waals surface area contributed by atoms with Gasteiger partial charge in [0.2, 0.25) is 0 Å². The van der Waals surface area contributed by atoms with Gasteiger partial charge in [0.1, 0.15) is 0 Å². The van der Waals surface area contributed by atoms with Gasteiger partial charge >= 0.3 is 0 Å². The Balaban J connectivity index is 2.19. The van der Waals surface area contributed by atoms with Crippen LogP contribution in [0.5, 0.6) is 0 Å². The van der Waals surface area contributed by atoms with Gasteiger partial charge in [0, 0.05) is 12.5 Å². The monoisotopic (exact) mass is 372 g/mol. The third-order valence-electron chi connectivity index (χ3n) is 6.02. The van der Waals surface area contributed by atoms with Crippen molar-refractivity contribution in [3.63, 3.8) is 0 Å². The van der Waals surface area contributed by atoms with E-state index in [0.717, 1.165) is 24.0 Å². The van der Waals surface area contributed by atoms with Gasteiger partial charge in [-0.1, -0.05) is 74.8 Å². The zero-order valence-corrected chi connectivity index (χ0v) is 17.5. The van der Waals surface area contributed by atoms with Crippen LogP contribution in [0, 0.1) is 17.8 Å². The van der Waals surface area contributed by atoms with Crippen LogP contribution < -0.4 is 0 Å². The molecule has 1 aliphatic rings. The number of rotatable bonds is 7. The van der Waals surface area contributed by atoms with Gasteiger partial charge in [0.15, 0.2) is 0 Å². The summed E-state index contributed by atoms with van der Waals surface area (Å²) in [5.74, 6) is -0.797. The van der Waals surface area contributed by atoms with E-state index in [1.807, 2.05) is 12.1 Å². The number of hydrogen-bond donors (Lipinski definition) is 0. The highest BCUT2D eigenvalue weighted by Crippen LogP contribution is 2.40. The molecule has 0 aromatic heterocycles. The molecule has 148 valence electrons. The molecule has 27 heavy (non-hydrogen) atoms. The quantitative estimate of drug-likeness (QED) is 0.423. The second-order valence-electron chi connectivity index (χ2n) is 8.51. The smallest absolute Gasteiger partial charge is 0.202 e. The standard InChI is InChI=1S/C25H34F2/c1-17(2)24(21-10-7-8-11-21)20(5)18(3)14-15-19(4)22-12-9-13-23(16-22)25(6,26)27/h9,12-17,21,24H,4,7-8,10-11H2,1-3,5-6H3/b15-14-,20-18+. The minimum Gasteiger partial charge on any atom is -0.202 e. The molecule has 0 saturated heterocycles. The minimum absolute atomic E-state index is 0.0269. The molecule has 0 heterocycles. The van der Waals surface area contributed by atoms with Crippen molar-refractivity contribution in [1.82, 2.24) is 0 Å². The lowest BCUT2D eigenvalue weighted by Crippen LogP contribution is -2.20. The summed E-state index contributed by atoms with van der Waals surface area (Å²) in [5, 5.41) is 0. The van der Waals surface area contributed by atoms with Crippen molar-refractivity contribution in [1.29, 1.82) is 0 Å². The van der Waals surface area contributed by atoms with Crippen molar-refractivity contribution < 1.29 is 8.78 Å². The van der Waals surface area contributed by atoms with E-state index < -0.39 is 5.92 Å². The third-order valence-corrected chi connectivity index (χ3v) is 6.02. The lowest BCUT2D eigenvalue weighted by atomic mass is 9.76. The van der Waals surface area contributed by atoms with Gasteiger partial charge in [-0.2, -0.15) is 0 Å². The van der Waals surface area contributed by atoms with Crippen LogP contribution in [0.1, 0.15) is 71.4 Å². The fourth-order valence-electron chi connectivity index (χ4n) is 4.42. The Morgan fingerprint density at radius 1 is 1.15 bits per heavy atom. The van der Waals surface area contributed by atoms with Crippen LogP contribution in [-0.2, 0) is 5.92 Å². The zero-order chi connectivity index (χ0) is 20.2. The molecule has 0 amide bonds. The number of halogens is 2. The van der Waals surface area contributed by atoms with Crippen LogP contribution in [0.4, 0.5) is 8.78 Å². The minimum atomic E-state index is -2.84. The first-order chi connectivity index (χ1) is 12.6. The Morgan fingerprint density at radius 2 is 1.78 bits per heavy atom. The molecule has 0 aliphatic heterocycles. The Bertz CT molecular complexity index is 710. The molecule has 1 fully saturated rings. The number of alkyl halides is 2. The molecule has 2 rings (SSSR count). The first-order valence-electron chi connectivity index (χ1n) is 10.1. The summed E-state index contributed by atoms with van der Waals surface area (Å²) in [4.78, 5) is 0. The van der Waals surface area contributed by atoms with Crippen molar-refractivity contribution in [3.05, 3.63) is 65.3 Å². The average molecular weight is 373 g/mol. The fourth-order valence-corrected chi connectivity index (χ4v) is 4.42. The van der Waals surface area contributed by atoms with Gasteiger partial charge in [-0.3, -0.25) is 0 Å². The van der Waals surface area contributed by atoms with E-state index in [1.54, 1.807) is 6.07 Å². The summed E-state index contributed by atoms with van der Waals surface area (Å²) in [5.41, 5.74) is 4.25.